The Morgan fingerprint density at radius 3 is 2.76 bits per heavy atom. The summed E-state index contributed by atoms with van der Waals surface area (Å²) in [5.74, 6) is 0.634. The van der Waals surface area contributed by atoms with E-state index in [9.17, 15) is 9.90 Å². The van der Waals surface area contributed by atoms with Crippen molar-refractivity contribution in [3.05, 3.63) is 42.0 Å². The van der Waals surface area contributed by atoms with Crippen LogP contribution in [0.1, 0.15) is 18.9 Å². The molecule has 0 aliphatic heterocycles. The number of hydrogen-bond acceptors (Lipinski definition) is 3. The second-order valence-electron chi connectivity index (χ2n) is 3.47. The monoisotopic (exact) mass is 232 g/mol. The molecule has 0 unspecified atom stereocenters. The van der Waals surface area contributed by atoms with E-state index < -0.39 is 0 Å². The Morgan fingerprint density at radius 2 is 2.18 bits per heavy atom. The molecule has 1 aromatic carbocycles. The van der Waals surface area contributed by atoms with E-state index in [2.05, 4.69) is 0 Å². The number of carbonyl (C=O) groups is 1. The Balaban J connectivity index is 2.69. The SMILES string of the molecule is CCC(=O)C=CC=Cc1ccc(OC)c(O)c1. The predicted molar refractivity (Wildman–Crippen MR) is 68.1 cm³/mol. The Hall–Kier alpha value is -2.03. The molecule has 90 valence electrons. The van der Waals surface area contributed by atoms with Crippen molar-refractivity contribution in [2.45, 2.75) is 13.3 Å². The van der Waals surface area contributed by atoms with Gasteiger partial charge in [-0.05, 0) is 23.8 Å². The first-order chi connectivity index (χ1) is 8.17. The van der Waals surface area contributed by atoms with Crippen molar-refractivity contribution in [2.75, 3.05) is 7.11 Å². The quantitative estimate of drug-likeness (QED) is 0.627. The number of ether oxygens (including phenoxy) is 1. The number of phenols is 1. The highest BCUT2D eigenvalue weighted by atomic mass is 16.5. The van der Waals surface area contributed by atoms with Crippen molar-refractivity contribution in [1.29, 1.82) is 0 Å². The average molecular weight is 232 g/mol. The number of benzene rings is 1. The summed E-state index contributed by atoms with van der Waals surface area (Å²) in [5.41, 5.74) is 0.844. The van der Waals surface area contributed by atoms with Crippen molar-refractivity contribution < 1.29 is 14.6 Å². The zero-order valence-corrected chi connectivity index (χ0v) is 10.0. The van der Waals surface area contributed by atoms with Gasteiger partial charge in [0, 0.05) is 6.42 Å². The van der Waals surface area contributed by atoms with Gasteiger partial charge in [-0.15, -0.1) is 0 Å². The van der Waals surface area contributed by atoms with Crippen LogP contribution in [-0.2, 0) is 4.79 Å². The normalized spacial score (nSPS) is 11.2. The minimum atomic E-state index is 0.0900. The zero-order chi connectivity index (χ0) is 12.7. The van der Waals surface area contributed by atoms with E-state index in [-0.39, 0.29) is 11.5 Å². The van der Waals surface area contributed by atoms with Crippen molar-refractivity contribution in [3.63, 3.8) is 0 Å². The highest BCUT2D eigenvalue weighted by molar-refractivity contribution is 5.89. The van der Waals surface area contributed by atoms with Gasteiger partial charge < -0.3 is 9.84 Å². The van der Waals surface area contributed by atoms with Crippen LogP contribution in [0.2, 0.25) is 0 Å². The van der Waals surface area contributed by atoms with Crippen LogP contribution in [0.3, 0.4) is 0 Å². The number of methoxy groups -OCH3 is 1. The Labute approximate surface area is 101 Å². The number of ketones is 1. The lowest BCUT2D eigenvalue weighted by Gasteiger charge is -2.02. The van der Waals surface area contributed by atoms with Gasteiger partial charge in [0.2, 0.25) is 0 Å². The van der Waals surface area contributed by atoms with E-state index in [0.717, 1.165) is 5.56 Å². The largest absolute Gasteiger partial charge is 0.504 e. The molecule has 0 atom stereocenters. The van der Waals surface area contributed by atoms with Crippen LogP contribution in [0.15, 0.2) is 36.4 Å². The topological polar surface area (TPSA) is 46.5 Å². The molecular formula is C14H16O3. The molecule has 0 saturated heterocycles. The lowest BCUT2D eigenvalue weighted by Crippen LogP contribution is -1.85. The maximum Gasteiger partial charge on any atom is 0.160 e. The summed E-state index contributed by atoms with van der Waals surface area (Å²) in [4.78, 5) is 11.0. The third kappa shape index (κ3) is 4.15. The summed E-state index contributed by atoms with van der Waals surface area (Å²) < 4.78 is 4.94. The van der Waals surface area contributed by atoms with Gasteiger partial charge in [0.25, 0.3) is 0 Å². The molecule has 3 heteroatoms. The van der Waals surface area contributed by atoms with Crippen molar-refractivity contribution >= 4 is 11.9 Å². The minimum Gasteiger partial charge on any atom is -0.504 e. The second kappa shape index (κ2) is 6.53. The molecular weight excluding hydrogens is 216 g/mol. The summed E-state index contributed by atoms with van der Waals surface area (Å²) in [6.07, 6.45) is 7.29. The van der Waals surface area contributed by atoms with Crippen LogP contribution in [0, 0.1) is 0 Å². The molecule has 0 bridgehead atoms. The third-order valence-electron chi connectivity index (χ3n) is 2.23. The first-order valence-corrected chi connectivity index (χ1v) is 5.42. The summed E-state index contributed by atoms with van der Waals surface area (Å²) in [5, 5.41) is 9.54. The van der Waals surface area contributed by atoms with E-state index in [4.69, 9.17) is 4.74 Å². The summed E-state index contributed by atoms with van der Waals surface area (Å²) in [6.45, 7) is 1.82. The molecule has 0 aliphatic carbocycles. The molecule has 1 rings (SSSR count). The maximum absolute atomic E-state index is 11.0. The molecule has 1 N–H and O–H groups in total. The molecule has 0 aromatic heterocycles. The van der Waals surface area contributed by atoms with E-state index in [1.807, 2.05) is 13.0 Å². The van der Waals surface area contributed by atoms with E-state index in [1.54, 1.807) is 30.4 Å². The van der Waals surface area contributed by atoms with Crippen LogP contribution in [0.25, 0.3) is 6.08 Å². The van der Waals surface area contributed by atoms with Crippen LogP contribution >= 0.6 is 0 Å². The zero-order valence-electron chi connectivity index (χ0n) is 10.0. The number of phenolic OH excluding ortho intramolecular Hbond substituents is 1. The van der Waals surface area contributed by atoms with Gasteiger partial charge >= 0.3 is 0 Å². The molecule has 0 fully saturated rings. The fourth-order valence-corrected chi connectivity index (χ4v) is 1.26. The Morgan fingerprint density at radius 1 is 1.41 bits per heavy atom. The summed E-state index contributed by atoms with van der Waals surface area (Å²) >= 11 is 0. The fraction of sp³-hybridized carbons (Fsp3) is 0.214. The number of carbonyl (C=O) groups excluding carboxylic acids is 1. The van der Waals surface area contributed by atoms with Gasteiger partial charge in [-0.2, -0.15) is 0 Å². The van der Waals surface area contributed by atoms with Crippen LogP contribution in [-0.4, -0.2) is 18.0 Å². The average Bonchev–Trinajstić information content (AvgIpc) is 2.34. The lowest BCUT2D eigenvalue weighted by atomic mass is 10.2. The summed E-state index contributed by atoms with van der Waals surface area (Å²) in [6, 6.07) is 5.12. The molecule has 0 radical (unpaired) electrons. The molecule has 1 aromatic rings. The highest BCUT2D eigenvalue weighted by Crippen LogP contribution is 2.26. The molecule has 0 aliphatic rings. The number of aromatic hydroxyl groups is 1. The number of hydrogen-bond donors (Lipinski definition) is 1. The van der Waals surface area contributed by atoms with Gasteiger partial charge in [0.15, 0.2) is 17.3 Å². The van der Waals surface area contributed by atoms with Crippen LogP contribution in [0.4, 0.5) is 0 Å². The molecule has 17 heavy (non-hydrogen) atoms. The van der Waals surface area contributed by atoms with Crippen LogP contribution in [0.5, 0.6) is 11.5 Å². The van der Waals surface area contributed by atoms with Gasteiger partial charge in [-0.1, -0.05) is 31.2 Å². The molecule has 0 saturated carbocycles. The maximum atomic E-state index is 11.0. The fourth-order valence-electron chi connectivity index (χ4n) is 1.26. The molecule has 0 amide bonds. The van der Waals surface area contributed by atoms with Crippen molar-refractivity contribution in [3.8, 4) is 11.5 Å². The van der Waals surface area contributed by atoms with Gasteiger partial charge in [0.1, 0.15) is 0 Å². The van der Waals surface area contributed by atoms with Gasteiger partial charge in [-0.25, -0.2) is 0 Å². The molecule has 0 spiro atoms. The molecule has 3 nitrogen and oxygen atoms in total. The van der Waals surface area contributed by atoms with Crippen LogP contribution < -0.4 is 4.74 Å². The van der Waals surface area contributed by atoms with E-state index >= 15 is 0 Å². The van der Waals surface area contributed by atoms with Gasteiger partial charge in [-0.3, -0.25) is 4.79 Å². The third-order valence-corrected chi connectivity index (χ3v) is 2.23. The van der Waals surface area contributed by atoms with E-state index in [1.165, 1.54) is 13.2 Å². The number of rotatable bonds is 5. The highest BCUT2D eigenvalue weighted by Gasteiger charge is 1.99. The minimum absolute atomic E-state index is 0.0900. The molecule has 0 heterocycles. The second-order valence-corrected chi connectivity index (χ2v) is 3.47. The Kier molecular flexibility index (Phi) is 5.01. The Bertz CT molecular complexity index is 445. The number of allylic oxidation sites excluding steroid dienone is 3. The first kappa shape index (κ1) is 13.0. The van der Waals surface area contributed by atoms with Crippen molar-refractivity contribution in [1.82, 2.24) is 0 Å². The first-order valence-electron chi connectivity index (χ1n) is 5.42. The predicted octanol–water partition coefficient (Wildman–Crippen LogP) is 2.95. The lowest BCUT2D eigenvalue weighted by molar-refractivity contribution is -0.114. The van der Waals surface area contributed by atoms with Gasteiger partial charge in [0.05, 0.1) is 7.11 Å². The summed E-state index contributed by atoms with van der Waals surface area (Å²) in [7, 11) is 1.50. The van der Waals surface area contributed by atoms with Crippen molar-refractivity contribution in [2.24, 2.45) is 0 Å². The smallest absolute Gasteiger partial charge is 0.160 e. The standard InChI is InChI=1S/C14H16O3/c1-3-12(15)7-5-4-6-11-8-9-14(17-2)13(16)10-11/h4-10,16H,3H2,1-2H3. The van der Waals surface area contributed by atoms with E-state index in [0.29, 0.717) is 12.2 Å².